The molecule has 0 unspecified atom stereocenters. The number of aliphatic imine (C=N–C) groups is 1. The highest BCUT2D eigenvalue weighted by molar-refractivity contribution is 14.0. The third-order valence-electron chi connectivity index (χ3n) is 3.77. The topological polar surface area (TPSA) is 41.6 Å². The van der Waals surface area contributed by atoms with Crippen molar-refractivity contribution in [1.82, 2.24) is 4.90 Å². The van der Waals surface area contributed by atoms with E-state index in [2.05, 4.69) is 23.7 Å². The molecule has 94 valence electrons. The van der Waals surface area contributed by atoms with Gasteiger partial charge in [0.05, 0.1) is 6.04 Å². The average Bonchev–Trinajstić information content (AvgIpc) is 2.16. The third kappa shape index (κ3) is 3.50. The molecule has 4 heteroatoms. The number of nitrogens with two attached hydrogens (primary N) is 1. The number of likely N-dealkylation sites (tertiary alicyclic amines) is 1. The van der Waals surface area contributed by atoms with Gasteiger partial charge in [-0.05, 0) is 37.5 Å². The van der Waals surface area contributed by atoms with Crippen molar-refractivity contribution in [2.75, 3.05) is 13.1 Å². The minimum Gasteiger partial charge on any atom is -0.370 e. The van der Waals surface area contributed by atoms with Crippen LogP contribution in [-0.2, 0) is 0 Å². The van der Waals surface area contributed by atoms with Crippen molar-refractivity contribution in [3.63, 3.8) is 0 Å². The molecular formula is C12H24IN3. The maximum absolute atomic E-state index is 6.03. The Hall–Kier alpha value is 0. The monoisotopic (exact) mass is 337 g/mol. The fourth-order valence-corrected chi connectivity index (χ4v) is 2.47. The SMILES string of the molecule is CC1CCN(C(N)=NC2CC(C)C2)CC1.I. The van der Waals surface area contributed by atoms with Crippen molar-refractivity contribution < 1.29 is 0 Å². The van der Waals surface area contributed by atoms with Gasteiger partial charge in [-0.25, -0.2) is 4.99 Å². The molecule has 1 aliphatic heterocycles. The maximum atomic E-state index is 6.03. The van der Waals surface area contributed by atoms with Crippen molar-refractivity contribution in [3.8, 4) is 0 Å². The van der Waals surface area contributed by atoms with Gasteiger partial charge in [-0.15, -0.1) is 24.0 Å². The molecule has 0 spiro atoms. The largest absolute Gasteiger partial charge is 0.370 e. The van der Waals surface area contributed by atoms with Crippen LogP contribution in [0.1, 0.15) is 39.5 Å². The Morgan fingerprint density at radius 2 is 1.69 bits per heavy atom. The van der Waals surface area contributed by atoms with Crippen LogP contribution >= 0.6 is 24.0 Å². The van der Waals surface area contributed by atoms with E-state index in [1.165, 1.54) is 25.7 Å². The zero-order valence-corrected chi connectivity index (χ0v) is 12.7. The third-order valence-corrected chi connectivity index (χ3v) is 3.77. The summed E-state index contributed by atoms with van der Waals surface area (Å²) in [6, 6.07) is 0.513. The van der Waals surface area contributed by atoms with E-state index in [4.69, 9.17) is 5.73 Å². The summed E-state index contributed by atoms with van der Waals surface area (Å²) >= 11 is 0. The van der Waals surface area contributed by atoms with Crippen molar-refractivity contribution in [2.45, 2.75) is 45.6 Å². The zero-order chi connectivity index (χ0) is 10.8. The maximum Gasteiger partial charge on any atom is 0.191 e. The molecule has 16 heavy (non-hydrogen) atoms. The molecule has 1 aliphatic carbocycles. The molecule has 1 saturated heterocycles. The van der Waals surface area contributed by atoms with Crippen LogP contribution in [0.4, 0.5) is 0 Å². The summed E-state index contributed by atoms with van der Waals surface area (Å²) < 4.78 is 0. The Kier molecular flexibility index (Phi) is 5.34. The smallest absolute Gasteiger partial charge is 0.191 e. The van der Waals surface area contributed by atoms with Crippen molar-refractivity contribution in [1.29, 1.82) is 0 Å². The van der Waals surface area contributed by atoms with Crippen LogP contribution in [-0.4, -0.2) is 30.0 Å². The van der Waals surface area contributed by atoms with E-state index in [9.17, 15) is 0 Å². The van der Waals surface area contributed by atoms with Gasteiger partial charge in [0.25, 0.3) is 0 Å². The first kappa shape index (κ1) is 14.1. The number of hydrogen-bond donors (Lipinski definition) is 1. The van der Waals surface area contributed by atoms with E-state index in [1.54, 1.807) is 0 Å². The molecule has 0 aromatic rings. The molecule has 1 saturated carbocycles. The molecular weight excluding hydrogens is 313 g/mol. The van der Waals surface area contributed by atoms with Crippen LogP contribution in [0.5, 0.6) is 0 Å². The van der Waals surface area contributed by atoms with Crippen LogP contribution in [0.2, 0.25) is 0 Å². The first-order valence-electron chi connectivity index (χ1n) is 6.23. The van der Waals surface area contributed by atoms with Gasteiger partial charge in [0.2, 0.25) is 0 Å². The lowest BCUT2D eigenvalue weighted by Gasteiger charge is -2.34. The van der Waals surface area contributed by atoms with Crippen molar-refractivity contribution in [2.24, 2.45) is 22.6 Å². The molecule has 2 rings (SSSR count). The Labute approximate surface area is 116 Å². The summed E-state index contributed by atoms with van der Waals surface area (Å²) in [5, 5.41) is 0. The van der Waals surface area contributed by atoms with E-state index in [0.29, 0.717) is 6.04 Å². The summed E-state index contributed by atoms with van der Waals surface area (Å²) in [6.45, 7) is 6.79. The van der Waals surface area contributed by atoms with Gasteiger partial charge < -0.3 is 10.6 Å². The molecule has 0 radical (unpaired) electrons. The van der Waals surface area contributed by atoms with E-state index in [1.807, 2.05) is 0 Å². The van der Waals surface area contributed by atoms with E-state index >= 15 is 0 Å². The van der Waals surface area contributed by atoms with Crippen molar-refractivity contribution >= 4 is 29.9 Å². The highest BCUT2D eigenvalue weighted by Crippen LogP contribution is 2.29. The molecule has 2 aliphatic rings. The van der Waals surface area contributed by atoms with Crippen LogP contribution in [0, 0.1) is 11.8 Å². The minimum atomic E-state index is 0. The van der Waals surface area contributed by atoms with Gasteiger partial charge in [-0.2, -0.15) is 0 Å². The number of guanidine groups is 1. The molecule has 0 atom stereocenters. The first-order chi connectivity index (χ1) is 7.15. The van der Waals surface area contributed by atoms with Gasteiger partial charge in [0.15, 0.2) is 5.96 Å². The number of hydrogen-bond acceptors (Lipinski definition) is 1. The van der Waals surface area contributed by atoms with E-state index in [0.717, 1.165) is 30.9 Å². The lowest BCUT2D eigenvalue weighted by molar-refractivity contribution is 0.264. The van der Waals surface area contributed by atoms with Gasteiger partial charge in [0, 0.05) is 13.1 Å². The second kappa shape index (κ2) is 6.07. The number of nitrogens with zero attached hydrogens (tertiary/aromatic N) is 2. The molecule has 1 heterocycles. The zero-order valence-electron chi connectivity index (χ0n) is 10.4. The Morgan fingerprint density at radius 1 is 1.12 bits per heavy atom. The second-order valence-corrected chi connectivity index (χ2v) is 5.39. The number of halogens is 1. The van der Waals surface area contributed by atoms with E-state index in [-0.39, 0.29) is 24.0 Å². The second-order valence-electron chi connectivity index (χ2n) is 5.39. The normalized spacial score (nSPS) is 31.9. The molecule has 2 N–H and O–H groups in total. The molecule has 0 amide bonds. The van der Waals surface area contributed by atoms with Crippen molar-refractivity contribution in [3.05, 3.63) is 0 Å². The summed E-state index contributed by atoms with van der Waals surface area (Å²) in [7, 11) is 0. The van der Waals surface area contributed by atoms with E-state index < -0.39 is 0 Å². The quantitative estimate of drug-likeness (QED) is 0.454. The molecule has 0 aromatic carbocycles. The van der Waals surface area contributed by atoms with Gasteiger partial charge in [-0.3, -0.25) is 0 Å². The Morgan fingerprint density at radius 3 is 2.19 bits per heavy atom. The summed E-state index contributed by atoms with van der Waals surface area (Å²) in [5.74, 6) is 2.50. The fraction of sp³-hybridized carbons (Fsp3) is 0.917. The lowest BCUT2D eigenvalue weighted by Crippen LogP contribution is -2.44. The van der Waals surface area contributed by atoms with Gasteiger partial charge >= 0.3 is 0 Å². The summed E-state index contributed by atoms with van der Waals surface area (Å²) in [6.07, 6.45) is 4.98. The van der Waals surface area contributed by atoms with Crippen LogP contribution < -0.4 is 5.73 Å². The number of piperidine rings is 1. The van der Waals surface area contributed by atoms with Gasteiger partial charge in [-0.1, -0.05) is 13.8 Å². The predicted octanol–water partition coefficient (Wildman–Crippen LogP) is 2.45. The highest BCUT2D eigenvalue weighted by atomic mass is 127. The average molecular weight is 337 g/mol. The minimum absolute atomic E-state index is 0. The van der Waals surface area contributed by atoms with Crippen LogP contribution in [0.3, 0.4) is 0 Å². The summed E-state index contributed by atoms with van der Waals surface area (Å²) in [5.41, 5.74) is 6.03. The Bertz CT molecular complexity index is 241. The van der Waals surface area contributed by atoms with Crippen LogP contribution in [0.25, 0.3) is 0 Å². The molecule has 2 fully saturated rings. The fourth-order valence-electron chi connectivity index (χ4n) is 2.47. The standard InChI is InChI=1S/C12H23N3.HI/c1-9-3-5-15(6-4-9)12(13)14-11-7-10(2)8-11;/h9-11H,3-8H2,1-2H3,(H2,13,14);1H. The molecule has 0 aromatic heterocycles. The predicted molar refractivity (Wildman–Crippen MR) is 79.2 cm³/mol. The number of rotatable bonds is 1. The lowest BCUT2D eigenvalue weighted by atomic mass is 9.82. The highest BCUT2D eigenvalue weighted by Gasteiger charge is 2.26. The summed E-state index contributed by atoms with van der Waals surface area (Å²) in [4.78, 5) is 6.85. The molecule has 3 nitrogen and oxygen atoms in total. The van der Waals surface area contributed by atoms with Crippen LogP contribution in [0.15, 0.2) is 4.99 Å². The Balaban J connectivity index is 0.00000128. The molecule has 0 bridgehead atoms. The van der Waals surface area contributed by atoms with Gasteiger partial charge in [0.1, 0.15) is 0 Å². The first-order valence-corrected chi connectivity index (χ1v) is 6.23.